The molecular formula is C20H25N3O2. The van der Waals surface area contributed by atoms with Gasteiger partial charge in [-0.25, -0.2) is 0 Å². The van der Waals surface area contributed by atoms with Gasteiger partial charge in [-0.2, -0.15) is 0 Å². The number of nitrogens with zero attached hydrogens (tertiary/aromatic N) is 2. The van der Waals surface area contributed by atoms with Crippen LogP contribution in [0.3, 0.4) is 0 Å². The minimum atomic E-state index is -0.233. The summed E-state index contributed by atoms with van der Waals surface area (Å²) in [7, 11) is 0. The molecule has 0 aliphatic heterocycles. The van der Waals surface area contributed by atoms with Crippen LogP contribution in [0.4, 0.5) is 0 Å². The first-order valence-electron chi connectivity index (χ1n) is 8.72. The van der Waals surface area contributed by atoms with Crippen LogP contribution in [0.5, 0.6) is 0 Å². The highest BCUT2D eigenvalue weighted by molar-refractivity contribution is 5.99. The number of carbonyl (C=O) groups is 2. The van der Waals surface area contributed by atoms with Crippen LogP contribution in [0.2, 0.25) is 0 Å². The average molecular weight is 339 g/mol. The van der Waals surface area contributed by atoms with Gasteiger partial charge in [0.15, 0.2) is 0 Å². The molecule has 5 nitrogen and oxygen atoms in total. The number of carbonyl (C=O) groups excluding carboxylic acids is 2. The van der Waals surface area contributed by atoms with Crippen molar-refractivity contribution in [2.75, 3.05) is 13.1 Å². The van der Waals surface area contributed by atoms with E-state index in [0.717, 1.165) is 18.4 Å². The Morgan fingerprint density at radius 2 is 1.64 bits per heavy atom. The number of nitrogens with one attached hydrogen (secondary N) is 1. The molecule has 0 bridgehead atoms. The van der Waals surface area contributed by atoms with Crippen molar-refractivity contribution < 1.29 is 9.59 Å². The van der Waals surface area contributed by atoms with Crippen molar-refractivity contribution in [2.24, 2.45) is 0 Å². The minimum absolute atomic E-state index is 0.0751. The van der Waals surface area contributed by atoms with Gasteiger partial charge < -0.3 is 10.2 Å². The zero-order valence-corrected chi connectivity index (χ0v) is 14.9. The lowest BCUT2D eigenvalue weighted by Crippen LogP contribution is -2.33. The Balaban J connectivity index is 2.06. The van der Waals surface area contributed by atoms with E-state index in [2.05, 4.69) is 10.3 Å². The fourth-order valence-corrected chi connectivity index (χ4v) is 2.60. The molecule has 0 unspecified atom stereocenters. The summed E-state index contributed by atoms with van der Waals surface area (Å²) in [5, 5.41) is 2.86. The van der Waals surface area contributed by atoms with Crippen molar-refractivity contribution in [1.82, 2.24) is 15.2 Å². The van der Waals surface area contributed by atoms with Crippen LogP contribution >= 0.6 is 0 Å². The van der Waals surface area contributed by atoms with E-state index in [1.807, 2.05) is 49.1 Å². The molecule has 25 heavy (non-hydrogen) atoms. The lowest BCUT2D eigenvalue weighted by molar-refractivity contribution is 0.0755. The van der Waals surface area contributed by atoms with Crippen LogP contribution in [-0.2, 0) is 6.54 Å². The molecule has 2 aromatic rings. The number of amides is 2. The number of benzene rings is 1. The largest absolute Gasteiger partial charge is 0.348 e. The Bertz CT molecular complexity index is 695. The quantitative estimate of drug-likeness (QED) is 0.803. The molecule has 1 aromatic carbocycles. The van der Waals surface area contributed by atoms with E-state index in [-0.39, 0.29) is 11.8 Å². The molecule has 0 aliphatic carbocycles. The van der Waals surface area contributed by atoms with Crippen LogP contribution in [0.25, 0.3) is 0 Å². The van der Waals surface area contributed by atoms with E-state index in [4.69, 9.17) is 0 Å². The first-order chi connectivity index (χ1) is 12.2. The number of aromatic nitrogens is 1. The Labute approximate surface area is 149 Å². The van der Waals surface area contributed by atoms with Gasteiger partial charge in [-0.15, -0.1) is 0 Å². The van der Waals surface area contributed by atoms with E-state index in [9.17, 15) is 9.59 Å². The zero-order chi connectivity index (χ0) is 18.1. The molecule has 0 atom stereocenters. The van der Waals surface area contributed by atoms with Gasteiger partial charge in [0.1, 0.15) is 0 Å². The fourth-order valence-electron chi connectivity index (χ4n) is 2.60. The Hall–Kier alpha value is -2.69. The molecule has 2 amide bonds. The molecule has 0 fully saturated rings. The molecule has 0 aliphatic rings. The molecule has 0 spiro atoms. The van der Waals surface area contributed by atoms with Crippen LogP contribution in [0.1, 0.15) is 53.0 Å². The third-order valence-corrected chi connectivity index (χ3v) is 3.82. The summed E-state index contributed by atoms with van der Waals surface area (Å²) < 4.78 is 0. The SMILES string of the molecule is CCCN(CCC)C(=O)c1cncc(C(=O)NCc2ccccc2)c1. The van der Waals surface area contributed by atoms with E-state index in [1.165, 1.54) is 12.4 Å². The topological polar surface area (TPSA) is 62.3 Å². The molecule has 1 heterocycles. The lowest BCUT2D eigenvalue weighted by Gasteiger charge is -2.21. The number of hydrogen-bond acceptors (Lipinski definition) is 3. The molecular weight excluding hydrogens is 314 g/mol. The summed E-state index contributed by atoms with van der Waals surface area (Å²) in [4.78, 5) is 30.9. The molecule has 0 saturated carbocycles. The van der Waals surface area contributed by atoms with Crippen LogP contribution in [-0.4, -0.2) is 34.8 Å². The van der Waals surface area contributed by atoms with Gasteiger partial charge in [0.2, 0.25) is 0 Å². The first kappa shape index (κ1) is 18.6. The number of pyridine rings is 1. The highest BCUT2D eigenvalue weighted by Gasteiger charge is 2.16. The van der Waals surface area contributed by atoms with E-state index in [0.29, 0.717) is 30.8 Å². The average Bonchev–Trinajstić information content (AvgIpc) is 2.66. The maximum absolute atomic E-state index is 12.6. The van der Waals surface area contributed by atoms with E-state index >= 15 is 0 Å². The summed E-state index contributed by atoms with van der Waals surface area (Å²) >= 11 is 0. The summed E-state index contributed by atoms with van der Waals surface area (Å²) in [6.07, 6.45) is 4.81. The number of hydrogen-bond donors (Lipinski definition) is 1. The van der Waals surface area contributed by atoms with Crippen molar-refractivity contribution in [1.29, 1.82) is 0 Å². The van der Waals surface area contributed by atoms with E-state index < -0.39 is 0 Å². The predicted octanol–water partition coefficient (Wildman–Crippen LogP) is 3.27. The lowest BCUT2D eigenvalue weighted by atomic mass is 10.1. The Morgan fingerprint density at radius 1 is 1.00 bits per heavy atom. The molecule has 2 rings (SSSR count). The van der Waals surface area contributed by atoms with Crippen molar-refractivity contribution in [3.05, 3.63) is 65.5 Å². The standard InChI is InChI=1S/C20H25N3O2/c1-3-10-23(11-4-2)20(25)18-12-17(14-21-15-18)19(24)22-13-16-8-6-5-7-9-16/h5-9,12,14-15H,3-4,10-11,13H2,1-2H3,(H,22,24). The van der Waals surface area contributed by atoms with E-state index in [1.54, 1.807) is 6.07 Å². The second kappa shape index (κ2) is 9.57. The fraction of sp³-hybridized carbons (Fsp3) is 0.350. The molecule has 0 saturated heterocycles. The van der Waals surface area contributed by atoms with Gasteiger partial charge in [0, 0.05) is 32.0 Å². The molecule has 1 N–H and O–H groups in total. The van der Waals surface area contributed by atoms with Crippen molar-refractivity contribution in [2.45, 2.75) is 33.2 Å². The van der Waals surface area contributed by atoms with Gasteiger partial charge in [-0.05, 0) is 24.5 Å². The Morgan fingerprint density at radius 3 is 2.28 bits per heavy atom. The highest BCUT2D eigenvalue weighted by atomic mass is 16.2. The summed E-state index contributed by atoms with van der Waals surface area (Å²) in [5.74, 6) is -0.308. The predicted molar refractivity (Wildman–Crippen MR) is 98.3 cm³/mol. The highest BCUT2D eigenvalue weighted by Crippen LogP contribution is 2.09. The number of rotatable bonds is 8. The second-order valence-electron chi connectivity index (χ2n) is 5.92. The van der Waals surface area contributed by atoms with Crippen LogP contribution in [0, 0.1) is 0 Å². The van der Waals surface area contributed by atoms with Gasteiger partial charge >= 0.3 is 0 Å². The summed E-state index contributed by atoms with van der Waals surface area (Å²) in [6, 6.07) is 11.3. The zero-order valence-electron chi connectivity index (χ0n) is 14.9. The summed E-state index contributed by atoms with van der Waals surface area (Å²) in [6.45, 7) is 5.94. The molecule has 132 valence electrons. The summed E-state index contributed by atoms with van der Waals surface area (Å²) in [5.41, 5.74) is 1.87. The third-order valence-electron chi connectivity index (χ3n) is 3.82. The van der Waals surface area contributed by atoms with Crippen molar-refractivity contribution in [3.63, 3.8) is 0 Å². The van der Waals surface area contributed by atoms with Gasteiger partial charge in [0.25, 0.3) is 11.8 Å². The minimum Gasteiger partial charge on any atom is -0.348 e. The smallest absolute Gasteiger partial charge is 0.255 e. The monoisotopic (exact) mass is 339 g/mol. The van der Waals surface area contributed by atoms with Crippen LogP contribution in [0.15, 0.2) is 48.8 Å². The third kappa shape index (κ3) is 5.41. The second-order valence-corrected chi connectivity index (χ2v) is 5.92. The van der Waals surface area contributed by atoms with Crippen LogP contribution < -0.4 is 5.32 Å². The normalized spacial score (nSPS) is 10.3. The van der Waals surface area contributed by atoms with Gasteiger partial charge in [0.05, 0.1) is 11.1 Å². The maximum atomic E-state index is 12.6. The first-order valence-corrected chi connectivity index (χ1v) is 8.72. The van der Waals surface area contributed by atoms with Crippen molar-refractivity contribution in [3.8, 4) is 0 Å². The molecule has 0 radical (unpaired) electrons. The maximum Gasteiger partial charge on any atom is 0.255 e. The Kier molecular flexibility index (Phi) is 7.14. The van der Waals surface area contributed by atoms with Gasteiger partial charge in [-0.3, -0.25) is 14.6 Å². The molecule has 1 aromatic heterocycles. The van der Waals surface area contributed by atoms with Gasteiger partial charge in [-0.1, -0.05) is 44.2 Å². The molecule has 5 heteroatoms. The van der Waals surface area contributed by atoms with Crippen molar-refractivity contribution >= 4 is 11.8 Å².